The predicted octanol–water partition coefficient (Wildman–Crippen LogP) is 3.76. The zero-order valence-corrected chi connectivity index (χ0v) is 13.2. The molecule has 0 fully saturated rings. The highest BCUT2D eigenvalue weighted by molar-refractivity contribution is 5.77. The first-order valence-corrected chi connectivity index (χ1v) is 7.48. The number of hydrogen-bond acceptors (Lipinski definition) is 2. The Morgan fingerprint density at radius 3 is 2.43 bits per heavy atom. The number of esters is 1. The monoisotopic (exact) mass is 304 g/mol. The van der Waals surface area contributed by atoms with Crippen molar-refractivity contribution in [2.75, 3.05) is 0 Å². The van der Waals surface area contributed by atoms with Gasteiger partial charge >= 0.3 is 5.97 Å². The molecular weight excluding hydrogens is 286 g/mol. The van der Waals surface area contributed by atoms with Gasteiger partial charge in [0.2, 0.25) is 11.2 Å². The fourth-order valence-electron chi connectivity index (χ4n) is 2.52. The average molecular weight is 304 g/mol. The van der Waals surface area contributed by atoms with Crippen LogP contribution >= 0.6 is 0 Å². The fraction of sp³-hybridized carbons (Fsp3) is 0.100. The van der Waals surface area contributed by atoms with Crippen LogP contribution in [0.1, 0.15) is 18.2 Å². The van der Waals surface area contributed by atoms with Gasteiger partial charge in [0.05, 0.1) is 0 Å². The number of nitrogens with zero attached hydrogens (tertiary/aromatic N) is 1. The number of hydrogen-bond donors (Lipinski definition) is 0. The molecular formula is C20H18NO2+. The van der Waals surface area contributed by atoms with Crippen molar-refractivity contribution in [3.63, 3.8) is 0 Å². The molecule has 0 aliphatic heterocycles. The maximum Gasteiger partial charge on any atom is 0.308 e. The van der Waals surface area contributed by atoms with E-state index in [1.807, 2.05) is 30.3 Å². The van der Waals surface area contributed by atoms with Gasteiger partial charge in [-0.15, -0.1) is 0 Å². The Morgan fingerprint density at radius 1 is 0.957 bits per heavy atom. The standard InChI is InChI=1S/C20H18NO2/c1-15(22)23-19-13-8-16(9-14-19)7-11-18-12-10-17-5-3-4-6-20(17)21(18)2/h3-14H,1-2H3/q+1/b11-7+. The second-order valence-electron chi connectivity index (χ2n) is 5.37. The zero-order valence-electron chi connectivity index (χ0n) is 13.2. The van der Waals surface area contributed by atoms with Crippen LogP contribution in [0.15, 0.2) is 60.7 Å². The summed E-state index contributed by atoms with van der Waals surface area (Å²) in [6, 6.07) is 20.0. The molecule has 3 nitrogen and oxygen atoms in total. The van der Waals surface area contributed by atoms with Gasteiger partial charge in [-0.2, -0.15) is 4.57 Å². The van der Waals surface area contributed by atoms with Crippen molar-refractivity contribution in [3.8, 4) is 5.75 Å². The minimum absolute atomic E-state index is 0.309. The van der Waals surface area contributed by atoms with Crippen molar-refractivity contribution < 1.29 is 14.1 Å². The molecule has 114 valence electrons. The summed E-state index contributed by atoms with van der Waals surface area (Å²) in [5.41, 5.74) is 3.36. The number of para-hydroxylation sites is 1. The third-order valence-electron chi connectivity index (χ3n) is 3.71. The molecule has 0 atom stereocenters. The van der Waals surface area contributed by atoms with Gasteiger partial charge in [0.1, 0.15) is 12.8 Å². The number of pyridine rings is 1. The van der Waals surface area contributed by atoms with Gasteiger partial charge in [0, 0.05) is 30.5 Å². The van der Waals surface area contributed by atoms with E-state index >= 15 is 0 Å². The second kappa shape index (κ2) is 6.44. The summed E-state index contributed by atoms with van der Waals surface area (Å²) in [4.78, 5) is 10.9. The molecule has 0 unspecified atom stereocenters. The number of benzene rings is 2. The van der Waals surface area contributed by atoms with Crippen LogP contribution in [0.3, 0.4) is 0 Å². The van der Waals surface area contributed by atoms with Gasteiger partial charge in [-0.05, 0) is 35.9 Å². The molecule has 0 aliphatic carbocycles. The molecule has 0 saturated heterocycles. The van der Waals surface area contributed by atoms with Crippen molar-refractivity contribution in [2.24, 2.45) is 7.05 Å². The van der Waals surface area contributed by atoms with E-state index in [1.165, 1.54) is 17.8 Å². The van der Waals surface area contributed by atoms with Gasteiger partial charge in [-0.3, -0.25) is 4.79 Å². The van der Waals surface area contributed by atoms with Gasteiger partial charge < -0.3 is 4.74 Å². The first kappa shape index (κ1) is 15.0. The van der Waals surface area contributed by atoms with Crippen LogP contribution in [0.5, 0.6) is 5.75 Å². The molecule has 1 heterocycles. The van der Waals surface area contributed by atoms with Crippen LogP contribution in [0.2, 0.25) is 0 Å². The minimum atomic E-state index is -0.309. The highest BCUT2D eigenvalue weighted by atomic mass is 16.5. The van der Waals surface area contributed by atoms with Crippen LogP contribution in [-0.4, -0.2) is 5.97 Å². The summed E-state index contributed by atoms with van der Waals surface area (Å²) >= 11 is 0. The van der Waals surface area contributed by atoms with Crippen molar-refractivity contribution in [2.45, 2.75) is 6.92 Å². The van der Waals surface area contributed by atoms with Gasteiger partial charge in [0.25, 0.3) is 0 Å². The van der Waals surface area contributed by atoms with Gasteiger partial charge in [0.15, 0.2) is 0 Å². The lowest BCUT2D eigenvalue weighted by Crippen LogP contribution is -2.32. The summed E-state index contributed by atoms with van der Waals surface area (Å²) in [5.74, 6) is 0.252. The lowest BCUT2D eigenvalue weighted by molar-refractivity contribution is -0.646. The summed E-state index contributed by atoms with van der Waals surface area (Å²) in [7, 11) is 2.06. The lowest BCUT2D eigenvalue weighted by atomic mass is 10.1. The molecule has 3 aromatic rings. The summed E-state index contributed by atoms with van der Waals surface area (Å²) in [6.07, 6.45) is 4.12. The maximum atomic E-state index is 10.9. The summed E-state index contributed by atoms with van der Waals surface area (Å²) in [5, 5.41) is 1.22. The molecule has 0 N–H and O–H groups in total. The molecule has 1 aromatic heterocycles. The van der Waals surface area contributed by atoms with Crippen LogP contribution in [0, 0.1) is 0 Å². The van der Waals surface area contributed by atoms with Crippen LogP contribution in [0.4, 0.5) is 0 Å². The molecule has 0 saturated carbocycles. The van der Waals surface area contributed by atoms with E-state index < -0.39 is 0 Å². The van der Waals surface area contributed by atoms with Crippen LogP contribution < -0.4 is 9.30 Å². The number of aromatic nitrogens is 1. The normalized spacial score (nSPS) is 11.0. The van der Waals surface area contributed by atoms with Crippen molar-refractivity contribution in [3.05, 3.63) is 71.9 Å². The topological polar surface area (TPSA) is 30.2 Å². The molecule has 0 bridgehead atoms. The molecule has 3 rings (SSSR count). The Morgan fingerprint density at radius 2 is 1.70 bits per heavy atom. The first-order valence-electron chi connectivity index (χ1n) is 7.48. The van der Waals surface area contributed by atoms with Crippen LogP contribution in [0.25, 0.3) is 23.1 Å². The van der Waals surface area contributed by atoms with E-state index in [1.54, 1.807) is 12.1 Å². The Bertz CT molecular complexity index is 880. The second-order valence-corrected chi connectivity index (χ2v) is 5.37. The Labute approximate surface area is 135 Å². The maximum absolute atomic E-state index is 10.9. The van der Waals surface area contributed by atoms with Gasteiger partial charge in [-0.25, -0.2) is 0 Å². The van der Waals surface area contributed by atoms with E-state index in [4.69, 9.17) is 4.74 Å². The number of fused-ring (bicyclic) bond motifs is 1. The van der Waals surface area contributed by atoms with Gasteiger partial charge in [-0.1, -0.05) is 24.3 Å². The third kappa shape index (κ3) is 3.46. The largest absolute Gasteiger partial charge is 0.427 e. The van der Waals surface area contributed by atoms with E-state index in [9.17, 15) is 4.79 Å². The predicted molar refractivity (Wildman–Crippen MR) is 91.8 cm³/mol. The quantitative estimate of drug-likeness (QED) is 0.419. The number of aryl methyl sites for hydroxylation is 1. The summed E-state index contributed by atoms with van der Waals surface area (Å²) < 4.78 is 7.20. The number of carbonyl (C=O) groups is 1. The number of rotatable bonds is 3. The van der Waals surface area contributed by atoms with Crippen molar-refractivity contribution in [1.82, 2.24) is 0 Å². The molecule has 0 spiro atoms. The van der Waals surface area contributed by atoms with E-state index in [-0.39, 0.29) is 5.97 Å². The van der Waals surface area contributed by atoms with Crippen molar-refractivity contribution >= 4 is 29.0 Å². The van der Waals surface area contributed by atoms with Crippen molar-refractivity contribution in [1.29, 1.82) is 0 Å². The SMILES string of the molecule is CC(=O)Oc1ccc(/C=C/c2ccc3ccccc3[n+]2C)cc1. The third-order valence-corrected chi connectivity index (χ3v) is 3.71. The highest BCUT2D eigenvalue weighted by Crippen LogP contribution is 2.15. The number of carbonyl (C=O) groups excluding carboxylic acids is 1. The Kier molecular flexibility index (Phi) is 4.20. The molecule has 0 radical (unpaired) electrons. The minimum Gasteiger partial charge on any atom is -0.427 e. The molecule has 23 heavy (non-hydrogen) atoms. The zero-order chi connectivity index (χ0) is 16.2. The van der Waals surface area contributed by atoms with E-state index in [2.05, 4.69) is 42.0 Å². The van der Waals surface area contributed by atoms with E-state index in [0.29, 0.717) is 5.75 Å². The highest BCUT2D eigenvalue weighted by Gasteiger charge is 2.08. The lowest BCUT2D eigenvalue weighted by Gasteiger charge is -2.01. The molecule has 2 aromatic carbocycles. The number of ether oxygens (including phenoxy) is 1. The fourth-order valence-corrected chi connectivity index (χ4v) is 2.52. The molecule has 3 heteroatoms. The molecule has 0 amide bonds. The smallest absolute Gasteiger partial charge is 0.308 e. The average Bonchev–Trinajstić information content (AvgIpc) is 2.55. The first-order chi connectivity index (χ1) is 11.1. The van der Waals surface area contributed by atoms with Crippen LogP contribution in [-0.2, 0) is 11.8 Å². The van der Waals surface area contributed by atoms with E-state index in [0.717, 1.165) is 11.3 Å². The molecule has 0 aliphatic rings. The Balaban J connectivity index is 1.85. The Hall–Kier alpha value is -2.94. The summed E-state index contributed by atoms with van der Waals surface area (Å²) in [6.45, 7) is 1.40.